The van der Waals surface area contributed by atoms with Crippen LogP contribution in [-0.2, 0) is 0 Å². The monoisotopic (exact) mass is 227 g/mol. The van der Waals surface area contributed by atoms with Crippen molar-refractivity contribution in [1.82, 2.24) is 4.90 Å². The van der Waals surface area contributed by atoms with Crippen molar-refractivity contribution in [2.24, 2.45) is 0 Å². The van der Waals surface area contributed by atoms with Crippen LogP contribution in [0.3, 0.4) is 0 Å². The molecule has 0 atom stereocenters. The average molecular weight is 227 g/mol. The van der Waals surface area contributed by atoms with Crippen LogP contribution in [0.25, 0.3) is 0 Å². The molecule has 0 heterocycles. The molecule has 0 unspecified atom stereocenters. The van der Waals surface area contributed by atoms with Gasteiger partial charge >= 0.3 is 6.18 Å². The summed E-state index contributed by atoms with van der Waals surface area (Å²) in [7, 11) is 0. The lowest BCUT2D eigenvalue weighted by molar-refractivity contribution is -0.145. The first-order chi connectivity index (χ1) is 6.99. The van der Waals surface area contributed by atoms with E-state index in [9.17, 15) is 13.2 Å². The topological polar surface area (TPSA) is 23.5 Å². The van der Waals surface area contributed by atoms with Crippen LogP contribution < -0.4 is 0 Å². The van der Waals surface area contributed by atoms with Gasteiger partial charge < -0.3 is 5.11 Å². The molecule has 0 fully saturated rings. The lowest BCUT2D eigenvalue weighted by atomic mass is 10.2. The molecule has 5 heteroatoms. The summed E-state index contributed by atoms with van der Waals surface area (Å²) in [6, 6.07) is 0. The van der Waals surface area contributed by atoms with Crippen molar-refractivity contribution in [3.63, 3.8) is 0 Å². The Morgan fingerprint density at radius 3 is 2.13 bits per heavy atom. The zero-order valence-electron chi connectivity index (χ0n) is 9.19. The molecule has 0 aliphatic heterocycles. The van der Waals surface area contributed by atoms with Crippen LogP contribution in [0.4, 0.5) is 13.2 Å². The number of hydrogen-bond donors (Lipinski definition) is 1. The van der Waals surface area contributed by atoms with Gasteiger partial charge in [-0.15, -0.1) is 0 Å². The van der Waals surface area contributed by atoms with Gasteiger partial charge in [0.1, 0.15) is 0 Å². The van der Waals surface area contributed by atoms with Gasteiger partial charge in [-0.3, -0.25) is 4.90 Å². The summed E-state index contributed by atoms with van der Waals surface area (Å²) in [6.45, 7) is 2.00. The Morgan fingerprint density at radius 2 is 1.67 bits per heavy atom. The van der Waals surface area contributed by atoms with Crippen LogP contribution in [-0.4, -0.2) is 42.4 Å². The summed E-state index contributed by atoms with van der Waals surface area (Å²) in [4.78, 5) is 1.40. The molecular formula is C10H20F3NO. The zero-order chi connectivity index (χ0) is 11.7. The Kier molecular flexibility index (Phi) is 7.78. The molecule has 0 aromatic carbocycles. The Morgan fingerprint density at radius 1 is 1.07 bits per heavy atom. The molecule has 0 rings (SSSR count). The second kappa shape index (κ2) is 7.93. The summed E-state index contributed by atoms with van der Waals surface area (Å²) in [5.41, 5.74) is 0. The molecule has 0 spiro atoms. The standard InChI is InChI=1S/C10H20F3NO/c1-2-14(9-10(11,12)13)7-5-3-4-6-8-15/h15H,2-9H2,1H3. The van der Waals surface area contributed by atoms with Gasteiger partial charge in [-0.1, -0.05) is 19.8 Å². The van der Waals surface area contributed by atoms with Gasteiger partial charge in [0, 0.05) is 6.61 Å². The Balaban J connectivity index is 3.53. The summed E-state index contributed by atoms with van der Waals surface area (Å²) >= 11 is 0. The van der Waals surface area contributed by atoms with Crippen LogP contribution in [0, 0.1) is 0 Å². The molecule has 1 N–H and O–H groups in total. The molecule has 0 aliphatic carbocycles. The lowest BCUT2D eigenvalue weighted by Gasteiger charge is -2.21. The van der Waals surface area contributed by atoms with Crippen LogP contribution in [0.15, 0.2) is 0 Å². The number of aliphatic hydroxyl groups excluding tert-OH is 1. The van der Waals surface area contributed by atoms with Gasteiger partial charge in [0.25, 0.3) is 0 Å². The number of hydrogen-bond acceptors (Lipinski definition) is 2. The fourth-order valence-electron chi connectivity index (χ4n) is 1.40. The van der Waals surface area contributed by atoms with Gasteiger partial charge in [0.05, 0.1) is 6.54 Å². The Labute approximate surface area is 89.1 Å². The lowest BCUT2D eigenvalue weighted by Crippen LogP contribution is -2.34. The molecular weight excluding hydrogens is 207 g/mol. The third kappa shape index (κ3) is 10.0. The molecule has 0 aromatic rings. The van der Waals surface area contributed by atoms with Gasteiger partial charge in [0.2, 0.25) is 0 Å². The molecule has 15 heavy (non-hydrogen) atoms. The highest BCUT2D eigenvalue weighted by atomic mass is 19.4. The predicted molar refractivity (Wildman–Crippen MR) is 53.7 cm³/mol. The normalized spacial score (nSPS) is 12.4. The molecule has 0 radical (unpaired) electrons. The third-order valence-electron chi connectivity index (χ3n) is 2.23. The van der Waals surface area contributed by atoms with E-state index >= 15 is 0 Å². The Hall–Kier alpha value is -0.290. The maximum Gasteiger partial charge on any atom is 0.401 e. The van der Waals surface area contributed by atoms with Crippen molar-refractivity contribution >= 4 is 0 Å². The van der Waals surface area contributed by atoms with E-state index in [0.29, 0.717) is 13.1 Å². The summed E-state index contributed by atoms with van der Waals surface area (Å²) in [5, 5.41) is 8.51. The number of rotatable bonds is 8. The van der Waals surface area contributed by atoms with Crippen molar-refractivity contribution in [2.45, 2.75) is 38.8 Å². The van der Waals surface area contributed by atoms with E-state index in [1.54, 1.807) is 6.92 Å². The van der Waals surface area contributed by atoms with Gasteiger partial charge in [-0.05, 0) is 25.9 Å². The average Bonchev–Trinajstić information content (AvgIpc) is 2.14. The van der Waals surface area contributed by atoms with Crippen LogP contribution in [0.5, 0.6) is 0 Å². The maximum atomic E-state index is 12.0. The molecule has 0 bridgehead atoms. The molecule has 0 aliphatic rings. The van der Waals surface area contributed by atoms with Crippen molar-refractivity contribution in [2.75, 3.05) is 26.2 Å². The highest BCUT2D eigenvalue weighted by molar-refractivity contribution is 4.61. The molecule has 0 saturated carbocycles. The van der Waals surface area contributed by atoms with E-state index in [1.807, 2.05) is 0 Å². The fourth-order valence-corrected chi connectivity index (χ4v) is 1.40. The first kappa shape index (κ1) is 14.7. The minimum Gasteiger partial charge on any atom is -0.396 e. The quantitative estimate of drug-likeness (QED) is 0.644. The van der Waals surface area contributed by atoms with Crippen LogP contribution in [0.2, 0.25) is 0 Å². The minimum absolute atomic E-state index is 0.167. The third-order valence-corrected chi connectivity index (χ3v) is 2.23. The highest BCUT2D eigenvalue weighted by Gasteiger charge is 2.29. The molecule has 0 amide bonds. The van der Waals surface area contributed by atoms with Crippen molar-refractivity contribution < 1.29 is 18.3 Å². The van der Waals surface area contributed by atoms with Gasteiger partial charge in [0.15, 0.2) is 0 Å². The summed E-state index contributed by atoms with van der Waals surface area (Å²) in [5.74, 6) is 0. The maximum absolute atomic E-state index is 12.0. The summed E-state index contributed by atoms with van der Waals surface area (Å²) in [6.07, 6.45) is -0.814. The zero-order valence-corrected chi connectivity index (χ0v) is 9.19. The molecule has 92 valence electrons. The second-order valence-electron chi connectivity index (χ2n) is 3.62. The molecule has 0 saturated heterocycles. The van der Waals surface area contributed by atoms with E-state index in [4.69, 9.17) is 5.11 Å². The number of nitrogens with zero attached hydrogens (tertiary/aromatic N) is 1. The molecule has 2 nitrogen and oxygen atoms in total. The van der Waals surface area contributed by atoms with Crippen molar-refractivity contribution in [3.05, 3.63) is 0 Å². The van der Waals surface area contributed by atoms with Crippen molar-refractivity contribution in [3.8, 4) is 0 Å². The van der Waals surface area contributed by atoms with Gasteiger partial charge in [-0.2, -0.15) is 13.2 Å². The van der Waals surface area contributed by atoms with E-state index in [-0.39, 0.29) is 6.61 Å². The minimum atomic E-state index is -4.10. The SMILES string of the molecule is CCN(CCCCCCO)CC(F)(F)F. The number of alkyl halides is 3. The van der Waals surface area contributed by atoms with Crippen LogP contribution >= 0.6 is 0 Å². The second-order valence-corrected chi connectivity index (χ2v) is 3.62. The van der Waals surface area contributed by atoms with E-state index in [2.05, 4.69) is 0 Å². The summed E-state index contributed by atoms with van der Waals surface area (Å²) < 4.78 is 36.1. The number of unbranched alkanes of at least 4 members (excludes halogenated alkanes) is 3. The van der Waals surface area contributed by atoms with Crippen molar-refractivity contribution in [1.29, 1.82) is 0 Å². The van der Waals surface area contributed by atoms with Crippen LogP contribution in [0.1, 0.15) is 32.6 Å². The number of halogens is 3. The van der Waals surface area contributed by atoms with E-state index < -0.39 is 12.7 Å². The van der Waals surface area contributed by atoms with E-state index in [1.165, 1.54) is 4.90 Å². The fraction of sp³-hybridized carbons (Fsp3) is 1.00. The number of aliphatic hydroxyl groups is 1. The highest BCUT2D eigenvalue weighted by Crippen LogP contribution is 2.16. The predicted octanol–water partition coefficient (Wildman–Crippen LogP) is 2.42. The van der Waals surface area contributed by atoms with Gasteiger partial charge in [-0.25, -0.2) is 0 Å². The smallest absolute Gasteiger partial charge is 0.396 e. The first-order valence-corrected chi connectivity index (χ1v) is 5.39. The van der Waals surface area contributed by atoms with E-state index in [0.717, 1.165) is 25.7 Å². The molecule has 0 aromatic heterocycles. The first-order valence-electron chi connectivity index (χ1n) is 5.39. The Bertz CT molecular complexity index is 150. The largest absolute Gasteiger partial charge is 0.401 e.